The summed E-state index contributed by atoms with van der Waals surface area (Å²) >= 11 is 5.85. The van der Waals surface area contributed by atoms with E-state index in [0.29, 0.717) is 5.56 Å². The molecule has 0 saturated heterocycles. The Kier molecular flexibility index (Phi) is 3.96. The van der Waals surface area contributed by atoms with Gasteiger partial charge in [0, 0.05) is 10.6 Å². The second-order valence-corrected chi connectivity index (χ2v) is 4.52. The lowest BCUT2D eigenvalue weighted by atomic mass is 10.00. The first-order chi connectivity index (χ1) is 8.70. The van der Waals surface area contributed by atoms with Crippen molar-refractivity contribution in [2.45, 2.75) is 6.92 Å². The number of allylic oxidation sites excluding steroid dienone is 1. The number of carbonyl (C=O) groups is 1. The summed E-state index contributed by atoms with van der Waals surface area (Å²) in [4.78, 5) is 11.0. The van der Waals surface area contributed by atoms with E-state index in [-0.39, 0.29) is 0 Å². The molecule has 0 saturated carbocycles. The van der Waals surface area contributed by atoms with Gasteiger partial charge in [-0.2, -0.15) is 0 Å². The van der Waals surface area contributed by atoms with Gasteiger partial charge in [-0.05, 0) is 35.8 Å². The SMILES string of the molecule is C/C(=C\c1ccc(Cl)cc1)c1ccccc1C=O. The van der Waals surface area contributed by atoms with E-state index in [1.165, 1.54) is 0 Å². The van der Waals surface area contributed by atoms with Crippen LogP contribution in [0, 0.1) is 0 Å². The molecule has 90 valence electrons. The summed E-state index contributed by atoms with van der Waals surface area (Å²) in [6.07, 6.45) is 2.92. The van der Waals surface area contributed by atoms with Crippen LogP contribution in [0.2, 0.25) is 5.02 Å². The van der Waals surface area contributed by atoms with Crippen LogP contribution < -0.4 is 0 Å². The van der Waals surface area contributed by atoms with E-state index in [2.05, 4.69) is 0 Å². The summed E-state index contributed by atoms with van der Waals surface area (Å²) in [6.45, 7) is 2.00. The van der Waals surface area contributed by atoms with E-state index in [1.54, 1.807) is 0 Å². The van der Waals surface area contributed by atoms with Crippen molar-refractivity contribution in [2.75, 3.05) is 0 Å². The van der Waals surface area contributed by atoms with Gasteiger partial charge in [0.25, 0.3) is 0 Å². The van der Waals surface area contributed by atoms with Gasteiger partial charge in [0.15, 0.2) is 6.29 Å². The Hall–Kier alpha value is -1.86. The van der Waals surface area contributed by atoms with Gasteiger partial charge in [0.2, 0.25) is 0 Å². The van der Waals surface area contributed by atoms with Gasteiger partial charge in [-0.3, -0.25) is 4.79 Å². The molecule has 0 unspecified atom stereocenters. The first kappa shape index (κ1) is 12.6. The topological polar surface area (TPSA) is 17.1 Å². The highest BCUT2D eigenvalue weighted by Crippen LogP contribution is 2.21. The van der Waals surface area contributed by atoms with Gasteiger partial charge in [0.1, 0.15) is 0 Å². The molecule has 18 heavy (non-hydrogen) atoms. The van der Waals surface area contributed by atoms with Crippen molar-refractivity contribution in [3.05, 3.63) is 70.2 Å². The van der Waals surface area contributed by atoms with Crippen molar-refractivity contribution in [3.8, 4) is 0 Å². The monoisotopic (exact) mass is 256 g/mol. The maximum atomic E-state index is 11.0. The lowest BCUT2D eigenvalue weighted by Gasteiger charge is -2.05. The Morgan fingerprint density at radius 3 is 2.39 bits per heavy atom. The largest absolute Gasteiger partial charge is 0.298 e. The fourth-order valence-corrected chi connectivity index (χ4v) is 1.97. The quantitative estimate of drug-likeness (QED) is 0.574. The van der Waals surface area contributed by atoms with E-state index in [1.807, 2.05) is 61.5 Å². The number of hydrogen-bond donors (Lipinski definition) is 0. The zero-order chi connectivity index (χ0) is 13.0. The number of halogens is 1. The Morgan fingerprint density at radius 1 is 1.06 bits per heavy atom. The van der Waals surface area contributed by atoms with Crippen LogP contribution in [0.5, 0.6) is 0 Å². The highest BCUT2D eigenvalue weighted by Gasteiger charge is 2.02. The van der Waals surface area contributed by atoms with E-state index in [9.17, 15) is 4.79 Å². The van der Waals surface area contributed by atoms with Crippen LogP contribution in [-0.4, -0.2) is 6.29 Å². The molecule has 0 aliphatic heterocycles. The summed E-state index contributed by atoms with van der Waals surface area (Å²) in [5, 5.41) is 0.720. The molecule has 2 heteroatoms. The van der Waals surface area contributed by atoms with Crippen molar-refractivity contribution in [1.29, 1.82) is 0 Å². The molecule has 0 fully saturated rings. The summed E-state index contributed by atoms with van der Waals surface area (Å²) in [5.74, 6) is 0. The van der Waals surface area contributed by atoms with E-state index >= 15 is 0 Å². The lowest BCUT2D eigenvalue weighted by Crippen LogP contribution is -1.89. The Labute approximate surface area is 112 Å². The maximum absolute atomic E-state index is 11.0. The molecule has 0 radical (unpaired) electrons. The maximum Gasteiger partial charge on any atom is 0.150 e. The van der Waals surface area contributed by atoms with Gasteiger partial charge in [0.05, 0.1) is 0 Å². The third kappa shape index (κ3) is 2.88. The molecule has 2 aromatic rings. The lowest BCUT2D eigenvalue weighted by molar-refractivity contribution is 0.112. The second-order valence-electron chi connectivity index (χ2n) is 4.08. The average Bonchev–Trinajstić information content (AvgIpc) is 2.41. The van der Waals surface area contributed by atoms with E-state index in [0.717, 1.165) is 28.0 Å². The Morgan fingerprint density at radius 2 is 1.72 bits per heavy atom. The predicted octanol–water partition coefficient (Wildman–Crippen LogP) is 4.71. The Balaban J connectivity index is 2.38. The van der Waals surface area contributed by atoms with Gasteiger partial charge in [-0.1, -0.05) is 54.1 Å². The van der Waals surface area contributed by atoms with Crippen LogP contribution in [0.25, 0.3) is 11.6 Å². The van der Waals surface area contributed by atoms with Crippen LogP contribution in [0.4, 0.5) is 0 Å². The van der Waals surface area contributed by atoms with Crippen molar-refractivity contribution in [2.24, 2.45) is 0 Å². The molecule has 0 heterocycles. The molecular weight excluding hydrogens is 244 g/mol. The Bertz CT molecular complexity index is 582. The third-order valence-corrected chi connectivity index (χ3v) is 3.02. The van der Waals surface area contributed by atoms with Crippen LogP contribution >= 0.6 is 11.6 Å². The normalized spacial score (nSPS) is 11.3. The number of rotatable bonds is 3. The van der Waals surface area contributed by atoms with Crippen molar-refractivity contribution < 1.29 is 4.79 Å². The molecule has 0 N–H and O–H groups in total. The van der Waals surface area contributed by atoms with Gasteiger partial charge >= 0.3 is 0 Å². The number of aldehydes is 1. The molecule has 0 atom stereocenters. The zero-order valence-electron chi connectivity index (χ0n) is 10.1. The first-order valence-corrected chi connectivity index (χ1v) is 6.07. The predicted molar refractivity (Wildman–Crippen MR) is 76.8 cm³/mol. The highest BCUT2D eigenvalue weighted by molar-refractivity contribution is 6.30. The van der Waals surface area contributed by atoms with Crippen molar-refractivity contribution >= 4 is 29.5 Å². The van der Waals surface area contributed by atoms with Crippen LogP contribution in [0.15, 0.2) is 48.5 Å². The minimum absolute atomic E-state index is 0.709. The van der Waals surface area contributed by atoms with Crippen molar-refractivity contribution in [1.82, 2.24) is 0 Å². The minimum Gasteiger partial charge on any atom is -0.298 e. The van der Waals surface area contributed by atoms with Gasteiger partial charge < -0.3 is 0 Å². The minimum atomic E-state index is 0.709. The molecular formula is C16H13ClO. The molecule has 0 aliphatic rings. The smallest absolute Gasteiger partial charge is 0.150 e. The fourth-order valence-electron chi connectivity index (χ4n) is 1.85. The molecule has 0 spiro atoms. The molecule has 0 aromatic heterocycles. The standard InChI is InChI=1S/C16H13ClO/c1-12(10-13-6-8-15(17)9-7-13)16-5-3-2-4-14(16)11-18/h2-11H,1H3/b12-10+. The van der Waals surface area contributed by atoms with Gasteiger partial charge in [-0.25, -0.2) is 0 Å². The molecule has 0 aliphatic carbocycles. The molecule has 2 rings (SSSR count). The molecule has 0 bridgehead atoms. The number of carbonyl (C=O) groups excluding carboxylic acids is 1. The fraction of sp³-hybridized carbons (Fsp3) is 0.0625. The summed E-state index contributed by atoms with van der Waals surface area (Å²) in [5.41, 5.74) is 3.79. The summed E-state index contributed by atoms with van der Waals surface area (Å²) in [6, 6.07) is 15.2. The number of benzene rings is 2. The third-order valence-electron chi connectivity index (χ3n) is 2.77. The summed E-state index contributed by atoms with van der Waals surface area (Å²) in [7, 11) is 0. The van der Waals surface area contributed by atoms with Crippen LogP contribution in [0.3, 0.4) is 0 Å². The second kappa shape index (κ2) is 5.65. The summed E-state index contributed by atoms with van der Waals surface area (Å²) < 4.78 is 0. The van der Waals surface area contributed by atoms with E-state index in [4.69, 9.17) is 11.6 Å². The van der Waals surface area contributed by atoms with Crippen molar-refractivity contribution in [3.63, 3.8) is 0 Å². The highest BCUT2D eigenvalue weighted by atomic mass is 35.5. The van der Waals surface area contributed by atoms with E-state index < -0.39 is 0 Å². The first-order valence-electron chi connectivity index (χ1n) is 5.69. The number of hydrogen-bond acceptors (Lipinski definition) is 1. The molecule has 1 nitrogen and oxygen atoms in total. The van der Waals surface area contributed by atoms with Crippen LogP contribution in [0.1, 0.15) is 28.4 Å². The van der Waals surface area contributed by atoms with Crippen LogP contribution in [-0.2, 0) is 0 Å². The van der Waals surface area contributed by atoms with Gasteiger partial charge in [-0.15, -0.1) is 0 Å². The average molecular weight is 257 g/mol. The molecule has 2 aromatic carbocycles. The zero-order valence-corrected chi connectivity index (χ0v) is 10.8. The molecule has 0 amide bonds.